The predicted molar refractivity (Wildman–Crippen MR) is 48.1 cm³/mol. The maximum absolute atomic E-state index is 11.1. The molecule has 0 N–H and O–H groups in total. The van der Waals surface area contributed by atoms with Crippen molar-refractivity contribution in [2.24, 2.45) is 5.41 Å². The Morgan fingerprint density at radius 1 is 1.50 bits per heavy atom. The Hall–Kier alpha value is -0.370. The van der Waals surface area contributed by atoms with E-state index in [0.29, 0.717) is 5.78 Å². The van der Waals surface area contributed by atoms with E-state index >= 15 is 0 Å². The first-order valence-electron chi connectivity index (χ1n) is 4.69. The van der Waals surface area contributed by atoms with Crippen LogP contribution in [0.15, 0.2) is 0 Å². The van der Waals surface area contributed by atoms with E-state index in [4.69, 9.17) is 4.74 Å². The van der Waals surface area contributed by atoms with E-state index in [1.807, 2.05) is 13.8 Å². The zero-order valence-corrected chi connectivity index (χ0v) is 8.22. The van der Waals surface area contributed by atoms with Gasteiger partial charge in [0.1, 0.15) is 5.78 Å². The highest BCUT2D eigenvalue weighted by Crippen LogP contribution is 2.49. The quantitative estimate of drug-likeness (QED) is 0.632. The molecule has 0 saturated heterocycles. The van der Waals surface area contributed by atoms with E-state index < -0.39 is 0 Å². The topological polar surface area (TPSA) is 26.3 Å². The minimum absolute atomic E-state index is 0.0227. The molecular weight excluding hydrogens is 152 g/mol. The lowest BCUT2D eigenvalue weighted by molar-refractivity contribution is -0.122. The van der Waals surface area contributed by atoms with Gasteiger partial charge in [-0.3, -0.25) is 4.79 Å². The van der Waals surface area contributed by atoms with Crippen LogP contribution in [0.1, 0.15) is 40.0 Å². The van der Waals surface area contributed by atoms with E-state index in [1.165, 1.54) is 0 Å². The standard InChI is InChI=1S/C10H18O2/c1-8(2)12-7-6-10(4-5-10)9(3)11/h8H,4-7H2,1-3H3. The first kappa shape index (κ1) is 9.72. The van der Waals surface area contributed by atoms with Crippen LogP contribution >= 0.6 is 0 Å². The van der Waals surface area contributed by atoms with Gasteiger partial charge in [-0.25, -0.2) is 0 Å². The monoisotopic (exact) mass is 170 g/mol. The van der Waals surface area contributed by atoms with Crippen LogP contribution in [0.25, 0.3) is 0 Å². The largest absolute Gasteiger partial charge is 0.379 e. The maximum atomic E-state index is 11.1. The Morgan fingerprint density at radius 2 is 2.08 bits per heavy atom. The van der Waals surface area contributed by atoms with Crippen molar-refractivity contribution in [2.45, 2.75) is 46.1 Å². The van der Waals surface area contributed by atoms with E-state index in [2.05, 4.69) is 0 Å². The number of hydrogen-bond acceptors (Lipinski definition) is 2. The second kappa shape index (κ2) is 3.56. The Kier molecular flexibility index (Phi) is 2.89. The fourth-order valence-electron chi connectivity index (χ4n) is 1.42. The molecule has 0 aromatic rings. The number of ether oxygens (including phenoxy) is 1. The minimum Gasteiger partial charge on any atom is -0.379 e. The highest BCUT2D eigenvalue weighted by Gasteiger charge is 2.46. The zero-order valence-electron chi connectivity index (χ0n) is 8.22. The van der Waals surface area contributed by atoms with Gasteiger partial charge in [0.2, 0.25) is 0 Å². The van der Waals surface area contributed by atoms with Crippen LogP contribution in [0, 0.1) is 5.41 Å². The second-order valence-electron chi connectivity index (χ2n) is 4.01. The van der Waals surface area contributed by atoms with Crippen molar-refractivity contribution >= 4 is 5.78 Å². The summed E-state index contributed by atoms with van der Waals surface area (Å²) in [5.74, 6) is 0.342. The van der Waals surface area contributed by atoms with Crippen LogP contribution in [0.2, 0.25) is 0 Å². The molecule has 1 rings (SSSR count). The predicted octanol–water partition coefficient (Wildman–Crippen LogP) is 2.17. The van der Waals surface area contributed by atoms with Gasteiger partial charge in [-0.05, 0) is 40.0 Å². The normalized spacial score (nSPS) is 19.7. The van der Waals surface area contributed by atoms with E-state index in [9.17, 15) is 4.79 Å². The van der Waals surface area contributed by atoms with Gasteiger partial charge in [0, 0.05) is 12.0 Å². The summed E-state index contributed by atoms with van der Waals surface area (Å²) in [5, 5.41) is 0. The SMILES string of the molecule is CC(=O)C1(CCOC(C)C)CC1. The lowest BCUT2D eigenvalue weighted by atomic mass is 9.99. The molecule has 0 aromatic carbocycles. The molecule has 1 saturated carbocycles. The van der Waals surface area contributed by atoms with Crippen molar-refractivity contribution in [3.63, 3.8) is 0 Å². The van der Waals surface area contributed by atoms with Gasteiger partial charge in [-0.2, -0.15) is 0 Å². The molecule has 1 fully saturated rings. The molecular formula is C10H18O2. The smallest absolute Gasteiger partial charge is 0.136 e. The lowest BCUT2D eigenvalue weighted by Crippen LogP contribution is -2.16. The lowest BCUT2D eigenvalue weighted by Gasteiger charge is -2.12. The van der Waals surface area contributed by atoms with Crippen LogP contribution in [0.3, 0.4) is 0 Å². The van der Waals surface area contributed by atoms with E-state index in [-0.39, 0.29) is 11.5 Å². The molecule has 12 heavy (non-hydrogen) atoms. The Morgan fingerprint density at radius 3 is 2.42 bits per heavy atom. The Bertz CT molecular complexity index is 169. The molecule has 0 aromatic heterocycles. The number of carbonyl (C=O) groups excluding carboxylic acids is 1. The number of hydrogen-bond donors (Lipinski definition) is 0. The van der Waals surface area contributed by atoms with E-state index in [1.54, 1.807) is 6.92 Å². The third-order valence-electron chi connectivity index (χ3n) is 2.63. The average Bonchev–Trinajstić information content (AvgIpc) is 2.68. The number of ketones is 1. The molecule has 0 heterocycles. The summed E-state index contributed by atoms with van der Waals surface area (Å²) in [5.41, 5.74) is 0.0227. The summed E-state index contributed by atoms with van der Waals surface area (Å²) >= 11 is 0. The summed E-state index contributed by atoms with van der Waals surface area (Å²) < 4.78 is 5.42. The van der Waals surface area contributed by atoms with Crippen molar-refractivity contribution in [2.75, 3.05) is 6.61 Å². The third kappa shape index (κ3) is 2.31. The molecule has 1 aliphatic carbocycles. The fraction of sp³-hybridized carbons (Fsp3) is 0.900. The average molecular weight is 170 g/mol. The highest BCUT2D eigenvalue weighted by atomic mass is 16.5. The first-order chi connectivity index (χ1) is 5.57. The molecule has 0 radical (unpaired) electrons. The van der Waals surface area contributed by atoms with Gasteiger partial charge in [0.25, 0.3) is 0 Å². The molecule has 0 aliphatic heterocycles. The maximum Gasteiger partial charge on any atom is 0.136 e. The summed E-state index contributed by atoms with van der Waals surface area (Å²) in [6.45, 7) is 6.47. The van der Waals surface area contributed by atoms with Crippen molar-refractivity contribution in [1.29, 1.82) is 0 Å². The summed E-state index contributed by atoms with van der Waals surface area (Å²) in [6, 6.07) is 0. The Labute approximate surface area is 74.3 Å². The second-order valence-corrected chi connectivity index (χ2v) is 4.01. The molecule has 0 bridgehead atoms. The van der Waals surface area contributed by atoms with Crippen molar-refractivity contribution in [1.82, 2.24) is 0 Å². The van der Waals surface area contributed by atoms with Crippen LogP contribution in [-0.4, -0.2) is 18.5 Å². The van der Waals surface area contributed by atoms with Gasteiger partial charge in [0.15, 0.2) is 0 Å². The van der Waals surface area contributed by atoms with Crippen LogP contribution in [0.5, 0.6) is 0 Å². The zero-order chi connectivity index (χ0) is 9.19. The van der Waals surface area contributed by atoms with Gasteiger partial charge in [-0.1, -0.05) is 0 Å². The summed E-state index contributed by atoms with van der Waals surface area (Å²) in [7, 11) is 0. The molecule has 2 nitrogen and oxygen atoms in total. The summed E-state index contributed by atoms with van der Waals surface area (Å²) in [6.07, 6.45) is 3.35. The van der Waals surface area contributed by atoms with Crippen LogP contribution in [-0.2, 0) is 9.53 Å². The van der Waals surface area contributed by atoms with Crippen molar-refractivity contribution in [3.05, 3.63) is 0 Å². The van der Waals surface area contributed by atoms with Gasteiger partial charge < -0.3 is 4.74 Å². The number of rotatable bonds is 5. The number of carbonyl (C=O) groups is 1. The van der Waals surface area contributed by atoms with Crippen LogP contribution in [0.4, 0.5) is 0 Å². The highest BCUT2D eigenvalue weighted by molar-refractivity contribution is 5.84. The molecule has 0 amide bonds. The molecule has 0 spiro atoms. The first-order valence-corrected chi connectivity index (χ1v) is 4.69. The van der Waals surface area contributed by atoms with Gasteiger partial charge in [-0.15, -0.1) is 0 Å². The fourth-order valence-corrected chi connectivity index (χ4v) is 1.42. The number of Topliss-reactive ketones (excluding diaryl/α,β-unsaturated/α-hetero) is 1. The van der Waals surface area contributed by atoms with Gasteiger partial charge in [0.05, 0.1) is 6.10 Å². The van der Waals surface area contributed by atoms with Crippen LogP contribution < -0.4 is 0 Å². The molecule has 70 valence electrons. The van der Waals surface area contributed by atoms with Gasteiger partial charge >= 0.3 is 0 Å². The molecule has 1 aliphatic rings. The molecule has 0 atom stereocenters. The molecule has 0 unspecified atom stereocenters. The molecule has 2 heteroatoms. The summed E-state index contributed by atoms with van der Waals surface area (Å²) in [4.78, 5) is 11.1. The third-order valence-corrected chi connectivity index (χ3v) is 2.63. The minimum atomic E-state index is 0.0227. The van der Waals surface area contributed by atoms with Crippen molar-refractivity contribution in [3.8, 4) is 0 Å². The van der Waals surface area contributed by atoms with E-state index in [0.717, 1.165) is 25.9 Å². The Balaban J connectivity index is 2.19. The van der Waals surface area contributed by atoms with Crippen molar-refractivity contribution < 1.29 is 9.53 Å².